The van der Waals surface area contributed by atoms with E-state index in [0.717, 1.165) is 34.8 Å². The van der Waals surface area contributed by atoms with Crippen molar-refractivity contribution in [3.05, 3.63) is 40.5 Å². The van der Waals surface area contributed by atoms with Crippen LogP contribution >= 0.6 is 36.2 Å². The van der Waals surface area contributed by atoms with E-state index in [-0.39, 0.29) is 36.8 Å². The summed E-state index contributed by atoms with van der Waals surface area (Å²) in [6, 6.07) is 8.44. The van der Waals surface area contributed by atoms with Gasteiger partial charge in [0.2, 0.25) is 0 Å². The van der Waals surface area contributed by atoms with Crippen LogP contribution < -0.4 is 5.73 Å². The van der Waals surface area contributed by atoms with Crippen molar-refractivity contribution in [3.63, 3.8) is 0 Å². The predicted octanol–water partition coefficient (Wildman–Crippen LogP) is 4.40. The monoisotopic (exact) mass is 413 g/mol. The molecule has 1 saturated heterocycles. The average molecular weight is 414 g/mol. The SMILES string of the molecule is Cc1cccc(-c2sc(C3CC3)nc2C(=O)N2CCCC(N)C2)c1.Cl.Cl. The Morgan fingerprint density at radius 1 is 1.27 bits per heavy atom. The van der Waals surface area contributed by atoms with E-state index >= 15 is 0 Å². The molecule has 2 aromatic rings. The number of thiazole rings is 1. The molecule has 2 aliphatic rings. The van der Waals surface area contributed by atoms with Crippen LogP contribution in [0.4, 0.5) is 0 Å². The summed E-state index contributed by atoms with van der Waals surface area (Å²) in [4.78, 5) is 20.8. The Bertz CT molecular complexity index is 776. The minimum atomic E-state index is 0. The fraction of sp³-hybridized carbons (Fsp3) is 0.474. The number of halogens is 2. The second-order valence-electron chi connectivity index (χ2n) is 7.03. The number of hydrogen-bond donors (Lipinski definition) is 1. The first-order valence-electron chi connectivity index (χ1n) is 8.74. The van der Waals surface area contributed by atoms with Crippen LogP contribution in [-0.2, 0) is 0 Å². The molecule has 0 bridgehead atoms. The molecule has 1 aromatic carbocycles. The highest BCUT2D eigenvalue weighted by molar-refractivity contribution is 7.15. The molecule has 4 nitrogen and oxygen atoms in total. The van der Waals surface area contributed by atoms with Gasteiger partial charge in [-0.25, -0.2) is 4.98 Å². The summed E-state index contributed by atoms with van der Waals surface area (Å²) in [5.41, 5.74) is 8.99. The number of aromatic nitrogens is 1. The highest BCUT2D eigenvalue weighted by Gasteiger charge is 2.32. The Morgan fingerprint density at radius 2 is 2.04 bits per heavy atom. The summed E-state index contributed by atoms with van der Waals surface area (Å²) in [5, 5.41) is 1.12. The maximum Gasteiger partial charge on any atom is 0.274 e. The van der Waals surface area contributed by atoms with Crippen LogP contribution in [0.5, 0.6) is 0 Å². The maximum absolute atomic E-state index is 13.1. The van der Waals surface area contributed by atoms with Crippen LogP contribution in [0.2, 0.25) is 0 Å². The minimum absolute atomic E-state index is 0. The maximum atomic E-state index is 13.1. The highest BCUT2D eigenvalue weighted by Crippen LogP contribution is 2.45. The van der Waals surface area contributed by atoms with E-state index in [1.54, 1.807) is 11.3 Å². The van der Waals surface area contributed by atoms with Gasteiger partial charge in [-0.05, 0) is 38.2 Å². The van der Waals surface area contributed by atoms with Crippen molar-refractivity contribution in [2.24, 2.45) is 5.73 Å². The van der Waals surface area contributed by atoms with Crippen molar-refractivity contribution in [1.82, 2.24) is 9.88 Å². The van der Waals surface area contributed by atoms with E-state index in [9.17, 15) is 4.79 Å². The number of benzene rings is 1. The third-order valence-corrected chi connectivity index (χ3v) is 6.07. The van der Waals surface area contributed by atoms with Crippen LogP contribution in [0.15, 0.2) is 24.3 Å². The molecule has 2 fully saturated rings. The molecule has 26 heavy (non-hydrogen) atoms. The lowest BCUT2D eigenvalue weighted by molar-refractivity contribution is 0.0704. The summed E-state index contributed by atoms with van der Waals surface area (Å²) in [6.07, 6.45) is 4.37. The second kappa shape index (κ2) is 8.70. The van der Waals surface area contributed by atoms with Crippen LogP contribution in [0.25, 0.3) is 10.4 Å². The number of hydrogen-bond acceptors (Lipinski definition) is 4. The van der Waals surface area contributed by atoms with Crippen LogP contribution in [0.1, 0.15) is 52.7 Å². The summed E-state index contributed by atoms with van der Waals surface area (Å²) in [6.45, 7) is 3.51. The number of carbonyl (C=O) groups is 1. The van der Waals surface area contributed by atoms with Crippen molar-refractivity contribution < 1.29 is 4.79 Å². The van der Waals surface area contributed by atoms with E-state index in [4.69, 9.17) is 10.7 Å². The van der Waals surface area contributed by atoms with Gasteiger partial charge in [-0.2, -0.15) is 0 Å². The summed E-state index contributed by atoms with van der Waals surface area (Å²) in [7, 11) is 0. The van der Waals surface area contributed by atoms with Gasteiger partial charge in [0.1, 0.15) is 5.69 Å². The second-order valence-corrected chi connectivity index (χ2v) is 8.06. The zero-order chi connectivity index (χ0) is 16.7. The molecular formula is C19H25Cl2N3OS. The van der Waals surface area contributed by atoms with Crippen molar-refractivity contribution in [3.8, 4) is 10.4 Å². The quantitative estimate of drug-likeness (QED) is 0.810. The molecule has 1 aliphatic heterocycles. The molecule has 1 aliphatic carbocycles. The van der Waals surface area contributed by atoms with E-state index in [1.165, 1.54) is 18.4 Å². The molecule has 1 unspecified atom stereocenters. The molecule has 2 heterocycles. The lowest BCUT2D eigenvalue weighted by Gasteiger charge is -2.30. The molecule has 1 aromatic heterocycles. The molecule has 2 N–H and O–H groups in total. The van der Waals surface area contributed by atoms with Gasteiger partial charge >= 0.3 is 0 Å². The molecule has 142 valence electrons. The van der Waals surface area contributed by atoms with Gasteiger partial charge in [0, 0.05) is 25.0 Å². The topological polar surface area (TPSA) is 59.2 Å². The third kappa shape index (κ3) is 4.39. The molecule has 0 radical (unpaired) electrons. The molecule has 1 saturated carbocycles. The molecule has 1 atom stereocenters. The van der Waals surface area contributed by atoms with Crippen molar-refractivity contribution in [2.75, 3.05) is 13.1 Å². The third-order valence-electron chi connectivity index (χ3n) is 4.80. The largest absolute Gasteiger partial charge is 0.336 e. The Balaban J connectivity index is 0.00000121. The van der Waals surface area contributed by atoms with Crippen LogP contribution in [0, 0.1) is 6.92 Å². The molecule has 4 rings (SSSR count). The van der Waals surface area contributed by atoms with Crippen molar-refractivity contribution >= 4 is 42.1 Å². The van der Waals surface area contributed by atoms with E-state index in [1.807, 2.05) is 11.0 Å². The molecular weight excluding hydrogens is 389 g/mol. The number of rotatable bonds is 3. The van der Waals surface area contributed by atoms with Gasteiger partial charge in [-0.15, -0.1) is 36.2 Å². The van der Waals surface area contributed by atoms with Crippen molar-refractivity contribution in [2.45, 2.75) is 44.6 Å². The normalized spacial score (nSPS) is 19.5. The smallest absolute Gasteiger partial charge is 0.274 e. The number of nitrogens with two attached hydrogens (primary N) is 1. The zero-order valence-electron chi connectivity index (χ0n) is 14.8. The van der Waals surface area contributed by atoms with Gasteiger partial charge < -0.3 is 10.6 Å². The first kappa shape index (κ1) is 21.2. The highest BCUT2D eigenvalue weighted by atomic mass is 35.5. The molecule has 7 heteroatoms. The fourth-order valence-corrected chi connectivity index (χ4v) is 4.54. The minimum Gasteiger partial charge on any atom is -0.336 e. The Morgan fingerprint density at radius 3 is 2.69 bits per heavy atom. The van der Waals surface area contributed by atoms with Crippen molar-refractivity contribution in [1.29, 1.82) is 0 Å². The Labute approximate surface area is 171 Å². The number of carbonyl (C=O) groups excluding carboxylic acids is 1. The van der Waals surface area contributed by atoms with Gasteiger partial charge in [0.25, 0.3) is 5.91 Å². The fourth-order valence-electron chi connectivity index (χ4n) is 3.31. The lowest BCUT2D eigenvalue weighted by Crippen LogP contribution is -2.45. The standard InChI is InChI=1S/C19H23N3OS.2ClH/c1-12-4-2-5-14(10-12)17-16(21-18(24-17)13-7-8-13)19(23)22-9-3-6-15(20)11-22;;/h2,4-5,10,13,15H,3,6-9,11,20H2,1H3;2*1H. The summed E-state index contributed by atoms with van der Waals surface area (Å²) >= 11 is 1.70. The number of piperidine rings is 1. The van der Waals surface area contributed by atoms with E-state index in [2.05, 4.69) is 25.1 Å². The Hall–Kier alpha value is -1.14. The summed E-state index contributed by atoms with van der Waals surface area (Å²) in [5.74, 6) is 0.605. The van der Waals surface area contributed by atoms with E-state index < -0.39 is 0 Å². The zero-order valence-corrected chi connectivity index (χ0v) is 17.3. The Kier molecular flexibility index (Phi) is 7.08. The first-order valence-corrected chi connectivity index (χ1v) is 9.56. The predicted molar refractivity (Wildman–Crippen MR) is 112 cm³/mol. The van der Waals surface area contributed by atoms with Gasteiger partial charge in [-0.1, -0.05) is 29.8 Å². The number of nitrogens with zero attached hydrogens (tertiary/aromatic N) is 2. The number of aryl methyl sites for hydroxylation is 1. The van der Waals surface area contributed by atoms with E-state index in [0.29, 0.717) is 18.2 Å². The van der Waals surface area contributed by atoms with Gasteiger partial charge in [0.05, 0.1) is 9.88 Å². The number of amides is 1. The molecule has 0 spiro atoms. The lowest BCUT2D eigenvalue weighted by atomic mass is 10.1. The molecule has 1 amide bonds. The number of likely N-dealkylation sites (tertiary alicyclic amines) is 1. The van der Waals surface area contributed by atoms with Crippen LogP contribution in [-0.4, -0.2) is 34.9 Å². The van der Waals surface area contributed by atoms with Gasteiger partial charge in [-0.3, -0.25) is 4.79 Å². The first-order chi connectivity index (χ1) is 11.6. The summed E-state index contributed by atoms with van der Waals surface area (Å²) < 4.78 is 0. The van der Waals surface area contributed by atoms with Crippen LogP contribution in [0.3, 0.4) is 0 Å². The van der Waals surface area contributed by atoms with Gasteiger partial charge in [0.15, 0.2) is 0 Å². The average Bonchev–Trinajstić information content (AvgIpc) is 3.33.